The summed E-state index contributed by atoms with van der Waals surface area (Å²) in [5.74, 6) is -0.545. The Balaban J connectivity index is 1.87. The van der Waals surface area contributed by atoms with Gasteiger partial charge in [0.2, 0.25) is 0 Å². The number of hydrazone groups is 1. The smallest absolute Gasteiger partial charge is 0.259 e. The van der Waals surface area contributed by atoms with E-state index in [0.29, 0.717) is 10.0 Å². The van der Waals surface area contributed by atoms with E-state index in [1.807, 2.05) is 0 Å². The van der Waals surface area contributed by atoms with E-state index >= 15 is 0 Å². The zero-order valence-corrected chi connectivity index (χ0v) is 15.4. The molecule has 2 aromatic rings. The van der Waals surface area contributed by atoms with Crippen molar-refractivity contribution in [2.24, 2.45) is 5.10 Å². The standard InChI is InChI=1S/C18H18BrN3O3/c1-11-7-13(8-12(2)17(11)24)9-21-22-16(23)10-20-18(25)14-5-3-4-6-15(14)19/h3-9,24H,10H2,1-2H3,(H,20,25)(H,22,23)/b21-9+. The van der Waals surface area contributed by atoms with E-state index in [1.165, 1.54) is 6.21 Å². The van der Waals surface area contributed by atoms with Gasteiger partial charge >= 0.3 is 0 Å². The first-order valence-electron chi connectivity index (χ1n) is 7.53. The van der Waals surface area contributed by atoms with Crippen LogP contribution in [0.4, 0.5) is 0 Å². The Morgan fingerprint density at radius 2 is 1.84 bits per heavy atom. The Hall–Kier alpha value is -2.67. The predicted octanol–water partition coefficient (Wildman–Crippen LogP) is 2.65. The van der Waals surface area contributed by atoms with Crippen LogP contribution < -0.4 is 10.7 Å². The van der Waals surface area contributed by atoms with E-state index in [2.05, 4.69) is 31.8 Å². The highest BCUT2D eigenvalue weighted by molar-refractivity contribution is 9.10. The molecular weight excluding hydrogens is 386 g/mol. The molecule has 0 unspecified atom stereocenters. The van der Waals surface area contributed by atoms with Crippen LogP contribution in [0.2, 0.25) is 0 Å². The lowest BCUT2D eigenvalue weighted by atomic mass is 10.1. The first-order valence-corrected chi connectivity index (χ1v) is 8.32. The van der Waals surface area contributed by atoms with Crippen LogP contribution >= 0.6 is 15.9 Å². The number of phenolic OH excluding ortho intramolecular Hbond substituents is 1. The Labute approximate surface area is 154 Å². The van der Waals surface area contributed by atoms with E-state index in [4.69, 9.17) is 0 Å². The summed E-state index contributed by atoms with van der Waals surface area (Å²) < 4.78 is 0.656. The van der Waals surface area contributed by atoms with Crippen molar-refractivity contribution in [2.75, 3.05) is 6.54 Å². The van der Waals surface area contributed by atoms with Gasteiger partial charge in [0, 0.05) is 4.47 Å². The fourth-order valence-electron chi connectivity index (χ4n) is 2.18. The van der Waals surface area contributed by atoms with Gasteiger partial charge in [-0.2, -0.15) is 5.10 Å². The second-order valence-electron chi connectivity index (χ2n) is 5.46. The average molecular weight is 404 g/mol. The fraction of sp³-hybridized carbons (Fsp3) is 0.167. The molecule has 0 radical (unpaired) electrons. The minimum atomic E-state index is -0.441. The number of phenols is 1. The Kier molecular flexibility index (Phi) is 6.30. The summed E-state index contributed by atoms with van der Waals surface area (Å²) in [6, 6.07) is 10.5. The highest BCUT2D eigenvalue weighted by atomic mass is 79.9. The molecule has 0 heterocycles. The van der Waals surface area contributed by atoms with Crippen molar-refractivity contribution in [1.29, 1.82) is 0 Å². The third-order valence-corrected chi connectivity index (χ3v) is 4.14. The second kappa shape index (κ2) is 8.43. The van der Waals surface area contributed by atoms with Gasteiger partial charge in [-0.3, -0.25) is 9.59 Å². The number of nitrogens with one attached hydrogen (secondary N) is 2. The first-order chi connectivity index (χ1) is 11.9. The maximum absolute atomic E-state index is 12.0. The Bertz CT molecular complexity index is 811. The zero-order chi connectivity index (χ0) is 18.4. The van der Waals surface area contributed by atoms with Crippen LogP contribution in [-0.4, -0.2) is 29.7 Å². The van der Waals surface area contributed by atoms with Gasteiger partial charge in [-0.05, 0) is 70.7 Å². The molecule has 6 nitrogen and oxygen atoms in total. The molecule has 0 spiro atoms. The topological polar surface area (TPSA) is 90.8 Å². The number of carbonyl (C=O) groups excluding carboxylic acids is 2. The van der Waals surface area contributed by atoms with Gasteiger partial charge < -0.3 is 10.4 Å². The van der Waals surface area contributed by atoms with E-state index in [9.17, 15) is 14.7 Å². The molecule has 25 heavy (non-hydrogen) atoms. The summed E-state index contributed by atoms with van der Waals surface area (Å²) in [4.78, 5) is 23.7. The van der Waals surface area contributed by atoms with E-state index in [0.717, 1.165) is 16.7 Å². The van der Waals surface area contributed by atoms with Crippen LogP contribution in [0.15, 0.2) is 46.0 Å². The molecule has 2 aromatic carbocycles. The lowest BCUT2D eigenvalue weighted by Crippen LogP contribution is -2.35. The number of benzene rings is 2. The summed E-state index contributed by atoms with van der Waals surface area (Å²) in [6.45, 7) is 3.39. The number of halogens is 1. The van der Waals surface area contributed by atoms with Crippen molar-refractivity contribution in [3.8, 4) is 5.75 Å². The van der Waals surface area contributed by atoms with Crippen molar-refractivity contribution in [3.63, 3.8) is 0 Å². The normalized spacial score (nSPS) is 10.7. The molecule has 0 atom stereocenters. The van der Waals surface area contributed by atoms with E-state index < -0.39 is 5.91 Å². The Morgan fingerprint density at radius 3 is 2.48 bits per heavy atom. The summed E-state index contributed by atoms with van der Waals surface area (Å²) >= 11 is 3.29. The summed E-state index contributed by atoms with van der Waals surface area (Å²) in [6.07, 6.45) is 1.48. The van der Waals surface area contributed by atoms with Gasteiger partial charge in [0.25, 0.3) is 11.8 Å². The second-order valence-corrected chi connectivity index (χ2v) is 6.31. The van der Waals surface area contributed by atoms with Gasteiger partial charge in [-0.15, -0.1) is 0 Å². The zero-order valence-electron chi connectivity index (χ0n) is 13.8. The van der Waals surface area contributed by atoms with Crippen LogP contribution in [0.25, 0.3) is 0 Å². The van der Waals surface area contributed by atoms with Crippen molar-refractivity contribution in [1.82, 2.24) is 10.7 Å². The molecule has 2 rings (SSSR count). The van der Waals surface area contributed by atoms with Gasteiger partial charge in [0.15, 0.2) is 0 Å². The van der Waals surface area contributed by atoms with Crippen LogP contribution in [0.1, 0.15) is 27.0 Å². The van der Waals surface area contributed by atoms with Crippen molar-refractivity contribution >= 4 is 34.0 Å². The minimum absolute atomic E-state index is 0.189. The molecule has 0 aromatic heterocycles. The monoisotopic (exact) mass is 403 g/mol. The lowest BCUT2D eigenvalue weighted by Gasteiger charge is -2.06. The molecule has 7 heteroatoms. The summed E-state index contributed by atoms with van der Waals surface area (Å²) in [5.41, 5.74) is 5.02. The quantitative estimate of drug-likeness (QED) is 0.529. The van der Waals surface area contributed by atoms with E-state index in [1.54, 1.807) is 50.2 Å². The van der Waals surface area contributed by atoms with Crippen LogP contribution in [-0.2, 0) is 4.79 Å². The molecule has 3 N–H and O–H groups in total. The van der Waals surface area contributed by atoms with Gasteiger partial charge in [-0.25, -0.2) is 5.43 Å². The summed E-state index contributed by atoms with van der Waals surface area (Å²) in [5, 5.41) is 16.1. The van der Waals surface area contributed by atoms with Crippen LogP contribution in [0.5, 0.6) is 5.75 Å². The molecule has 130 valence electrons. The predicted molar refractivity (Wildman–Crippen MR) is 99.8 cm³/mol. The third-order valence-electron chi connectivity index (χ3n) is 3.44. The molecule has 0 saturated heterocycles. The Morgan fingerprint density at radius 1 is 1.20 bits per heavy atom. The largest absolute Gasteiger partial charge is 0.507 e. The highest BCUT2D eigenvalue weighted by Crippen LogP contribution is 2.22. The molecule has 0 fully saturated rings. The SMILES string of the molecule is Cc1cc(/C=N/NC(=O)CNC(=O)c2ccccc2Br)cc(C)c1O. The van der Waals surface area contributed by atoms with Crippen LogP contribution in [0.3, 0.4) is 0 Å². The lowest BCUT2D eigenvalue weighted by molar-refractivity contribution is -0.120. The molecule has 0 bridgehead atoms. The number of aromatic hydroxyl groups is 1. The van der Waals surface area contributed by atoms with Gasteiger partial charge in [0.05, 0.1) is 18.3 Å². The number of rotatable bonds is 5. The van der Waals surface area contributed by atoms with E-state index in [-0.39, 0.29) is 18.2 Å². The van der Waals surface area contributed by atoms with Crippen molar-refractivity contribution < 1.29 is 14.7 Å². The van der Waals surface area contributed by atoms with Gasteiger partial charge in [0.1, 0.15) is 5.75 Å². The maximum Gasteiger partial charge on any atom is 0.259 e. The number of amides is 2. The number of carbonyl (C=O) groups is 2. The molecule has 0 saturated carbocycles. The molecule has 2 amide bonds. The average Bonchev–Trinajstić information content (AvgIpc) is 2.58. The minimum Gasteiger partial charge on any atom is -0.507 e. The van der Waals surface area contributed by atoms with Crippen molar-refractivity contribution in [3.05, 3.63) is 63.1 Å². The molecule has 0 aliphatic carbocycles. The molecule has 0 aliphatic heterocycles. The number of aryl methyl sites for hydroxylation is 2. The maximum atomic E-state index is 12.0. The van der Waals surface area contributed by atoms with Crippen molar-refractivity contribution in [2.45, 2.75) is 13.8 Å². The number of hydrogen-bond donors (Lipinski definition) is 3. The molecular formula is C18H18BrN3O3. The summed E-state index contributed by atoms with van der Waals surface area (Å²) in [7, 11) is 0. The molecule has 0 aliphatic rings. The van der Waals surface area contributed by atoms with Gasteiger partial charge in [-0.1, -0.05) is 12.1 Å². The van der Waals surface area contributed by atoms with Crippen LogP contribution in [0, 0.1) is 13.8 Å². The first kappa shape index (κ1) is 18.7. The number of hydrogen-bond acceptors (Lipinski definition) is 4. The highest BCUT2D eigenvalue weighted by Gasteiger charge is 2.10. The fourth-order valence-corrected chi connectivity index (χ4v) is 2.65. The number of nitrogens with zero attached hydrogens (tertiary/aromatic N) is 1. The third kappa shape index (κ3) is 5.15.